The Morgan fingerprint density at radius 3 is 2.19 bits per heavy atom. The van der Waals surface area contributed by atoms with Gasteiger partial charge >= 0.3 is 12.1 Å². The Morgan fingerprint density at radius 2 is 1.59 bits per heavy atom. The number of hydrogen-bond donors (Lipinski definition) is 0. The number of esters is 1. The molecule has 2 aromatic carbocycles. The first-order chi connectivity index (χ1) is 12.9. The van der Waals surface area contributed by atoms with Crippen LogP contribution in [-0.2, 0) is 25.7 Å². The zero-order valence-electron chi connectivity index (χ0n) is 14.2. The maximum absolute atomic E-state index is 13.0. The van der Waals surface area contributed by atoms with Gasteiger partial charge in [-0.25, -0.2) is 0 Å². The molecule has 1 unspecified atom stereocenters. The van der Waals surface area contributed by atoms with Crippen LogP contribution in [-0.4, -0.2) is 24.5 Å². The predicted molar refractivity (Wildman–Crippen MR) is 89.4 cm³/mol. The molecule has 7 heteroatoms. The highest BCUT2D eigenvalue weighted by Crippen LogP contribution is 2.42. The van der Waals surface area contributed by atoms with Gasteiger partial charge in [-0.05, 0) is 11.1 Å². The summed E-state index contributed by atoms with van der Waals surface area (Å²) < 4.78 is 49.6. The highest BCUT2D eigenvalue weighted by Gasteiger charge is 2.56. The summed E-state index contributed by atoms with van der Waals surface area (Å²) in [7, 11) is 0. The molecule has 4 nitrogen and oxygen atoms in total. The summed E-state index contributed by atoms with van der Waals surface area (Å²) in [6.45, 7) is -0.0628. The molecule has 0 radical (unpaired) electrons. The van der Waals surface area contributed by atoms with E-state index in [2.05, 4.69) is 0 Å². The lowest BCUT2D eigenvalue weighted by molar-refractivity contribution is -0.179. The van der Waals surface area contributed by atoms with Crippen LogP contribution in [0.25, 0.3) is 0 Å². The van der Waals surface area contributed by atoms with Gasteiger partial charge in [-0.2, -0.15) is 13.2 Å². The van der Waals surface area contributed by atoms with Crippen molar-refractivity contribution >= 4 is 11.8 Å². The molecule has 0 bridgehead atoms. The van der Waals surface area contributed by atoms with Crippen LogP contribution in [0.5, 0.6) is 0 Å². The Bertz CT molecular complexity index is 790. The van der Waals surface area contributed by atoms with Gasteiger partial charge in [0, 0.05) is 5.92 Å². The lowest BCUT2D eigenvalue weighted by Gasteiger charge is -2.21. The second kappa shape index (κ2) is 7.92. The van der Waals surface area contributed by atoms with Crippen LogP contribution in [0.2, 0.25) is 0 Å². The molecule has 3 atom stereocenters. The van der Waals surface area contributed by atoms with Crippen LogP contribution < -0.4 is 0 Å². The molecule has 0 N–H and O–H groups in total. The van der Waals surface area contributed by atoms with Crippen molar-refractivity contribution in [2.45, 2.75) is 18.9 Å². The van der Waals surface area contributed by atoms with Gasteiger partial charge in [0.15, 0.2) is 0 Å². The largest absolute Gasteiger partial charge is 0.456 e. The van der Waals surface area contributed by atoms with Gasteiger partial charge in [-0.15, -0.1) is 0 Å². The fourth-order valence-electron chi connectivity index (χ4n) is 3.14. The van der Waals surface area contributed by atoms with Gasteiger partial charge in [0.1, 0.15) is 12.0 Å². The normalized spacial score (nSPS) is 22.5. The maximum atomic E-state index is 13.0. The van der Waals surface area contributed by atoms with E-state index in [1.165, 1.54) is 0 Å². The van der Waals surface area contributed by atoms with Crippen molar-refractivity contribution < 1.29 is 32.2 Å². The van der Waals surface area contributed by atoms with E-state index in [1.807, 2.05) is 30.3 Å². The van der Waals surface area contributed by atoms with Crippen molar-refractivity contribution in [3.63, 3.8) is 0 Å². The summed E-state index contributed by atoms with van der Waals surface area (Å²) in [5.74, 6) is -6.25. The van der Waals surface area contributed by atoms with Crippen molar-refractivity contribution in [1.82, 2.24) is 0 Å². The van der Waals surface area contributed by atoms with Crippen molar-refractivity contribution in [1.29, 1.82) is 0 Å². The molecule has 1 heterocycles. The van der Waals surface area contributed by atoms with E-state index in [0.717, 1.165) is 5.56 Å². The van der Waals surface area contributed by atoms with Crippen LogP contribution >= 0.6 is 0 Å². The minimum Gasteiger partial charge on any atom is -0.456 e. The quantitative estimate of drug-likeness (QED) is 0.566. The molecule has 0 spiro atoms. The summed E-state index contributed by atoms with van der Waals surface area (Å²) in [5.41, 5.74) is 1.36. The Balaban J connectivity index is 1.81. The topological polar surface area (TPSA) is 52.6 Å². The number of carbonyl (C=O) groups is 2. The number of hydrogen-bond acceptors (Lipinski definition) is 4. The van der Waals surface area contributed by atoms with Crippen molar-refractivity contribution in [2.24, 2.45) is 11.8 Å². The fourth-order valence-corrected chi connectivity index (χ4v) is 3.14. The molecule has 1 fully saturated rings. The van der Waals surface area contributed by atoms with Crippen LogP contribution in [0.1, 0.15) is 17.2 Å². The summed E-state index contributed by atoms with van der Waals surface area (Å²) >= 11 is 0. The van der Waals surface area contributed by atoms with Crippen LogP contribution in [0.3, 0.4) is 0 Å². The number of rotatable bonds is 6. The molecule has 0 amide bonds. The number of carbonyl (C=O) groups excluding carboxylic acids is 2. The number of halogens is 3. The Labute approximate surface area is 153 Å². The van der Waals surface area contributed by atoms with E-state index in [0.29, 0.717) is 5.56 Å². The minimum absolute atomic E-state index is 0.153. The average Bonchev–Trinajstić information content (AvgIpc) is 2.98. The molecular weight excluding hydrogens is 361 g/mol. The van der Waals surface area contributed by atoms with E-state index in [9.17, 15) is 22.8 Å². The second-order valence-corrected chi connectivity index (χ2v) is 6.27. The summed E-state index contributed by atoms with van der Waals surface area (Å²) in [6, 6.07) is 17.5. The zero-order valence-corrected chi connectivity index (χ0v) is 14.2. The van der Waals surface area contributed by atoms with Gasteiger partial charge in [0.2, 0.25) is 0 Å². The minimum atomic E-state index is -5.12. The van der Waals surface area contributed by atoms with Gasteiger partial charge in [-0.3, -0.25) is 9.59 Å². The molecular formula is C20H17F3O4. The summed E-state index contributed by atoms with van der Waals surface area (Å²) in [4.78, 5) is 23.9. The first-order valence-electron chi connectivity index (χ1n) is 8.36. The number of ketones is 1. The third kappa shape index (κ3) is 4.36. The number of benzene rings is 2. The van der Waals surface area contributed by atoms with Gasteiger partial charge in [0.25, 0.3) is 5.78 Å². The van der Waals surface area contributed by atoms with Crippen molar-refractivity contribution in [3.8, 4) is 0 Å². The molecule has 0 saturated carbocycles. The summed E-state index contributed by atoms with van der Waals surface area (Å²) in [6.07, 6.45) is -6.08. The van der Waals surface area contributed by atoms with Gasteiger partial charge in [0.05, 0.1) is 13.2 Å². The lowest BCUT2D eigenvalue weighted by atomic mass is 9.85. The fraction of sp³-hybridized carbons (Fsp3) is 0.300. The van der Waals surface area contributed by atoms with E-state index in [-0.39, 0.29) is 13.2 Å². The molecule has 27 heavy (non-hydrogen) atoms. The highest BCUT2D eigenvalue weighted by atomic mass is 19.4. The Morgan fingerprint density at radius 1 is 1.00 bits per heavy atom. The standard InChI is InChI=1S/C20H17F3O4/c21-20(22,23)18(24)16-15(12-26-11-13-7-3-1-4-8-13)17(27-19(16)25)14-9-5-2-6-10-14/h1-10,15-17H,11-12H2/t15-,16?,17+/m0/s1. The van der Waals surface area contributed by atoms with Crippen LogP contribution in [0, 0.1) is 11.8 Å². The number of ether oxygens (including phenoxy) is 2. The monoisotopic (exact) mass is 378 g/mol. The highest BCUT2D eigenvalue weighted by molar-refractivity contribution is 6.03. The maximum Gasteiger partial charge on any atom is 0.450 e. The zero-order chi connectivity index (χ0) is 19.4. The molecule has 2 aromatic rings. The first-order valence-corrected chi connectivity index (χ1v) is 8.36. The van der Waals surface area contributed by atoms with Gasteiger partial charge in [-0.1, -0.05) is 60.7 Å². The third-order valence-electron chi connectivity index (χ3n) is 4.43. The first kappa shape index (κ1) is 19.1. The van der Waals surface area contributed by atoms with Crippen molar-refractivity contribution in [3.05, 3.63) is 71.8 Å². The number of cyclic esters (lactones) is 1. The SMILES string of the molecule is O=C1O[C@H](c2ccccc2)[C@@H](COCc2ccccc2)C1C(=O)C(F)(F)F. The van der Waals surface area contributed by atoms with E-state index < -0.39 is 35.9 Å². The smallest absolute Gasteiger partial charge is 0.450 e. The van der Waals surface area contributed by atoms with Crippen LogP contribution in [0.15, 0.2) is 60.7 Å². The molecule has 142 valence electrons. The molecule has 1 aliphatic heterocycles. The number of alkyl halides is 3. The number of Topliss-reactive ketones (excluding diaryl/α,β-unsaturated/α-hetero) is 1. The second-order valence-electron chi connectivity index (χ2n) is 6.27. The van der Waals surface area contributed by atoms with E-state index in [4.69, 9.17) is 9.47 Å². The predicted octanol–water partition coefficient (Wildman–Crippen LogP) is 3.87. The molecule has 0 aromatic heterocycles. The Hall–Kier alpha value is -2.67. The van der Waals surface area contributed by atoms with E-state index in [1.54, 1.807) is 30.3 Å². The average molecular weight is 378 g/mol. The Kier molecular flexibility index (Phi) is 5.60. The van der Waals surface area contributed by atoms with Crippen LogP contribution in [0.4, 0.5) is 13.2 Å². The van der Waals surface area contributed by atoms with Gasteiger partial charge < -0.3 is 9.47 Å². The lowest BCUT2D eigenvalue weighted by Crippen LogP contribution is -2.38. The third-order valence-corrected chi connectivity index (χ3v) is 4.43. The molecule has 3 rings (SSSR count). The van der Waals surface area contributed by atoms with E-state index >= 15 is 0 Å². The molecule has 1 aliphatic rings. The van der Waals surface area contributed by atoms with Crippen molar-refractivity contribution in [2.75, 3.05) is 6.61 Å². The molecule has 0 aliphatic carbocycles. The summed E-state index contributed by atoms with van der Waals surface area (Å²) in [5, 5.41) is 0. The molecule has 1 saturated heterocycles.